The molecule has 2 rings (SSSR count). The van der Waals surface area contributed by atoms with Crippen molar-refractivity contribution in [3.63, 3.8) is 0 Å². The van der Waals surface area contributed by atoms with Gasteiger partial charge in [-0.1, -0.05) is 19.3 Å². The highest BCUT2D eigenvalue weighted by atomic mass is 32.2. The Balaban J connectivity index is 1.64. The van der Waals surface area contributed by atoms with Crippen LogP contribution < -0.4 is 5.32 Å². The lowest BCUT2D eigenvalue weighted by Gasteiger charge is -2.26. The zero-order valence-corrected chi connectivity index (χ0v) is 13.0. The SMILES string of the molecule is O=C(NCCCN1CCCCS1(=O)=O)C1CCCCC1. The molecule has 2 aliphatic rings. The molecule has 1 N–H and O–H groups in total. The van der Waals surface area contributed by atoms with Gasteiger partial charge in [0.1, 0.15) is 0 Å². The number of nitrogens with zero attached hydrogens (tertiary/aromatic N) is 1. The number of amides is 1. The van der Waals surface area contributed by atoms with Crippen LogP contribution in [0.25, 0.3) is 0 Å². The summed E-state index contributed by atoms with van der Waals surface area (Å²) in [6.45, 7) is 1.76. The quantitative estimate of drug-likeness (QED) is 0.783. The Bertz CT molecular complexity index is 416. The number of hydrogen-bond donors (Lipinski definition) is 1. The Kier molecular flexibility index (Phi) is 5.84. The predicted octanol–water partition coefficient (Wildman–Crippen LogP) is 1.50. The van der Waals surface area contributed by atoms with Gasteiger partial charge in [0.15, 0.2) is 0 Å². The summed E-state index contributed by atoms with van der Waals surface area (Å²) in [4.78, 5) is 11.9. The van der Waals surface area contributed by atoms with Gasteiger partial charge in [0.05, 0.1) is 5.75 Å². The second-order valence-electron chi connectivity index (χ2n) is 5.90. The fraction of sp³-hybridized carbons (Fsp3) is 0.929. The van der Waals surface area contributed by atoms with Crippen LogP contribution in [-0.2, 0) is 14.8 Å². The van der Waals surface area contributed by atoms with E-state index in [-0.39, 0.29) is 17.6 Å². The number of hydrogen-bond acceptors (Lipinski definition) is 3. The summed E-state index contributed by atoms with van der Waals surface area (Å²) in [5.74, 6) is 0.621. The lowest BCUT2D eigenvalue weighted by Crippen LogP contribution is -2.40. The third kappa shape index (κ3) is 4.45. The summed E-state index contributed by atoms with van der Waals surface area (Å²) in [7, 11) is -3.02. The molecule has 0 spiro atoms. The molecule has 1 aliphatic carbocycles. The molecule has 2 fully saturated rings. The van der Waals surface area contributed by atoms with E-state index in [9.17, 15) is 13.2 Å². The molecular formula is C14H26N2O3S. The van der Waals surface area contributed by atoms with Crippen molar-refractivity contribution in [1.29, 1.82) is 0 Å². The van der Waals surface area contributed by atoms with E-state index >= 15 is 0 Å². The van der Waals surface area contributed by atoms with Gasteiger partial charge in [-0.25, -0.2) is 12.7 Å². The van der Waals surface area contributed by atoms with E-state index in [1.54, 1.807) is 4.31 Å². The lowest BCUT2D eigenvalue weighted by molar-refractivity contribution is -0.125. The first-order valence-corrected chi connectivity index (χ1v) is 9.46. The molecule has 0 aromatic carbocycles. The number of nitrogens with one attached hydrogen (secondary N) is 1. The van der Waals surface area contributed by atoms with Crippen LogP contribution in [0.15, 0.2) is 0 Å². The van der Waals surface area contributed by atoms with E-state index in [0.717, 1.165) is 38.5 Å². The van der Waals surface area contributed by atoms with Crippen LogP contribution in [0.4, 0.5) is 0 Å². The summed E-state index contributed by atoms with van der Waals surface area (Å²) in [5.41, 5.74) is 0. The van der Waals surface area contributed by atoms with Crippen molar-refractivity contribution >= 4 is 15.9 Å². The second-order valence-corrected chi connectivity index (χ2v) is 7.99. The average molecular weight is 302 g/mol. The van der Waals surface area contributed by atoms with Crippen molar-refractivity contribution in [2.24, 2.45) is 5.92 Å². The molecule has 1 saturated heterocycles. The van der Waals surface area contributed by atoms with E-state index in [4.69, 9.17) is 0 Å². The van der Waals surface area contributed by atoms with Gasteiger partial charge in [-0.3, -0.25) is 4.79 Å². The van der Waals surface area contributed by atoms with Crippen LogP contribution in [0.2, 0.25) is 0 Å². The highest BCUT2D eigenvalue weighted by Crippen LogP contribution is 2.23. The zero-order chi connectivity index (χ0) is 14.4. The van der Waals surface area contributed by atoms with Crippen molar-refractivity contribution in [1.82, 2.24) is 9.62 Å². The van der Waals surface area contributed by atoms with Crippen molar-refractivity contribution in [3.05, 3.63) is 0 Å². The summed E-state index contributed by atoms with van der Waals surface area (Å²) in [5, 5.41) is 2.96. The van der Waals surface area contributed by atoms with E-state index in [1.807, 2.05) is 0 Å². The molecule has 1 amide bonds. The summed E-state index contributed by atoms with van der Waals surface area (Å²) in [6, 6.07) is 0. The molecule has 1 heterocycles. The first-order chi connectivity index (χ1) is 9.59. The summed E-state index contributed by atoms with van der Waals surface area (Å²) in [6.07, 6.45) is 8.01. The van der Waals surface area contributed by atoms with Crippen LogP contribution in [-0.4, -0.2) is 44.0 Å². The Morgan fingerprint density at radius 3 is 2.55 bits per heavy atom. The Hall–Kier alpha value is -0.620. The fourth-order valence-corrected chi connectivity index (χ4v) is 4.71. The maximum Gasteiger partial charge on any atom is 0.223 e. The number of carbonyl (C=O) groups is 1. The maximum absolute atomic E-state index is 11.9. The highest BCUT2D eigenvalue weighted by molar-refractivity contribution is 7.89. The molecule has 0 aromatic heterocycles. The van der Waals surface area contributed by atoms with Gasteiger partial charge in [-0.05, 0) is 32.1 Å². The lowest BCUT2D eigenvalue weighted by atomic mass is 9.89. The monoisotopic (exact) mass is 302 g/mol. The van der Waals surface area contributed by atoms with Crippen molar-refractivity contribution < 1.29 is 13.2 Å². The topological polar surface area (TPSA) is 66.5 Å². The summed E-state index contributed by atoms with van der Waals surface area (Å²) >= 11 is 0. The first kappa shape index (κ1) is 15.8. The van der Waals surface area contributed by atoms with E-state index in [0.29, 0.717) is 26.1 Å². The molecule has 20 heavy (non-hydrogen) atoms. The van der Waals surface area contributed by atoms with Crippen LogP contribution in [0, 0.1) is 5.92 Å². The number of carbonyl (C=O) groups excluding carboxylic acids is 1. The van der Waals surface area contributed by atoms with Crippen molar-refractivity contribution in [2.45, 2.75) is 51.4 Å². The molecular weight excluding hydrogens is 276 g/mol. The largest absolute Gasteiger partial charge is 0.356 e. The summed E-state index contributed by atoms with van der Waals surface area (Å²) < 4.78 is 25.2. The second kappa shape index (κ2) is 7.41. The molecule has 0 aromatic rings. The standard InChI is InChI=1S/C14H26N2O3S/c17-14(13-7-2-1-3-8-13)15-9-6-11-16-10-4-5-12-20(16,18)19/h13H,1-12H2,(H,15,17). The number of sulfonamides is 1. The maximum atomic E-state index is 11.9. The minimum Gasteiger partial charge on any atom is -0.356 e. The van der Waals surface area contributed by atoms with E-state index in [2.05, 4.69) is 5.32 Å². The van der Waals surface area contributed by atoms with Gasteiger partial charge in [-0.2, -0.15) is 0 Å². The normalized spacial score (nSPS) is 24.4. The van der Waals surface area contributed by atoms with Crippen LogP contribution in [0.1, 0.15) is 51.4 Å². The molecule has 0 unspecified atom stereocenters. The molecule has 0 bridgehead atoms. The third-order valence-corrected chi connectivity index (χ3v) is 6.27. The van der Waals surface area contributed by atoms with Gasteiger partial charge < -0.3 is 5.32 Å². The Morgan fingerprint density at radius 1 is 1.10 bits per heavy atom. The van der Waals surface area contributed by atoms with Gasteiger partial charge in [0, 0.05) is 25.6 Å². The molecule has 1 aliphatic heterocycles. The number of rotatable bonds is 5. The molecule has 116 valence electrons. The zero-order valence-electron chi connectivity index (χ0n) is 12.1. The van der Waals surface area contributed by atoms with Crippen molar-refractivity contribution in [2.75, 3.05) is 25.4 Å². The highest BCUT2D eigenvalue weighted by Gasteiger charge is 2.25. The first-order valence-electron chi connectivity index (χ1n) is 7.85. The minimum atomic E-state index is -3.02. The molecule has 1 saturated carbocycles. The Labute approximate surface area is 122 Å². The van der Waals surface area contributed by atoms with Gasteiger partial charge in [0.25, 0.3) is 0 Å². The fourth-order valence-electron chi connectivity index (χ4n) is 3.07. The van der Waals surface area contributed by atoms with Crippen LogP contribution in [0.5, 0.6) is 0 Å². The average Bonchev–Trinajstić information content (AvgIpc) is 2.45. The molecule has 6 heteroatoms. The van der Waals surface area contributed by atoms with Crippen molar-refractivity contribution in [3.8, 4) is 0 Å². The van der Waals surface area contributed by atoms with Crippen LogP contribution >= 0.6 is 0 Å². The van der Waals surface area contributed by atoms with Gasteiger partial charge >= 0.3 is 0 Å². The predicted molar refractivity (Wildman–Crippen MR) is 78.8 cm³/mol. The third-order valence-electron chi connectivity index (χ3n) is 4.31. The minimum absolute atomic E-state index is 0.159. The molecule has 5 nitrogen and oxygen atoms in total. The molecule has 0 radical (unpaired) electrons. The Morgan fingerprint density at radius 2 is 1.85 bits per heavy atom. The smallest absolute Gasteiger partial charge is 0.223 e. The van der Waals surface area contributed by atoms with Gasteiger partial charge in [-0.15, -0.1) is 0 Å². The van der Waals surface area contributed by atoms with E-state index < -0.39 is 10.0 Å². The molecule has 0 atom stereocenters. The van der Waals surface area contributed by atoms with Gasteiger partial charge in [0.2, 0.25) is 15.9 Å². The van der Waals surface area contributed by atoms with E-state index in [1.165, 1.54) is 6.42 Å². The van der Waals surface area contributed by atoms with Crippen LogP contribution in [0.3, 0.4) is 0 Å².